The molecule has 4 heterocycles. The van der Waals surface area contributed by atoms with E-state index >= 15 is 24.0 Å². The Hall–Kier alpha value is -13.8. The maximum absolute atomic E-state index is 15.7. The molecular weight excluding hydrogens is 1760 g/mol. The number of guanidine groups is 1. The molecule has 730 valence electrons. The topological polar surface area (TPSA) is 605 Å². The summed E-state index contributed by atoms with van der Waals surface area (Å²) in [5.74, 6) is -17.1. The van der Waals surface area contributed by atoms with Gasteiger partial charge in [-0.3, -0.25) is 86.9 Å². The minimum Gasteiger partial charge on any atom is -0.394 e. The number of aromatic amines is 2. The van der Waals surface area contributed by atoms with Gasteiger partial charge < -0.3 is 115 Å². The molecule has 2 aliphatic heterocycles. The highest BCUT2D eigenvalue weighted by Gasteiger charge is 2.44. The van der Waals surface area contributed by atoms with Crippen LogP contribution in [0.15, 0.2) is 128 Å². The zero-order valence-corrected chi connectivity index (χ0v) is 78.5. The van der Waals surface area contributed by atoms with E-state index in [1.165, 1.54) is 47.6 Å². The van der Waals surface area contributed by atoms with Gasteiger partial charge in [0, 0.05) is 102 Å². The number of para-hydroxylation sites is 1. The zero-order chi connectivity index (χ0) is 98.7. The number of likely N-dealkylation sites (N-methyl/N-ethyl adjacent to an activating group) is 4. The molecule has 42 heteroatoms. The van der Waals surface area contributed by atoms with Crippen molar-refractivity contribution >= 4 is 129 Å². The summed E-state index contributed by atoms with van der Waals surface area (Å²) < 4.78 is 0. The van der Waals surface area contributed by atoms with Crippen molar-refractivity contribution in [1.29, 1.82) is 5.41 Å². The lowest BCUT2D eigenvalue weighted by atomic mass is 9.98. The number of H-pyrrole nitrogens is 2. The van der Waals surface area contributed by atoms with Gasteiger partial charge in [0.25, 0.3) is 0 Å². The number of imidazole rings is 1. The maximum Gasteiger partial charge on any atom is 0.246 e. The largest absolute Gasteiger partial charge is 0.394 e. The summed E-state index contributed by atoms with van der Waals surface area (Å²) in [6.07, 6.45) is 4.36. The van der Waals surface area contributed by atoms with Crippen LogP contribution in [0.1, 0.15) is 134 Å². The lowest BCUT2D eigenvalue weighted by Gasteiger charge is -2.36. The minimum absolute atomic E-state index is 0.000147. The molecule has 4 unspecified atom stereocenters. The molecule has 6 aromatic rings. The van der Waals surface area contributed by atoms with Crippen LogP contribution in [0.4, 0.5) is 0 Å². The van der Waals surface area contributed by atoms with Crippen LogP contribution in [0, 0.1) is 11.3 Å². The standard InChI is InChI=1S/C93H129N23O18S/c1-10-12-31-73-86(128)105-64(30-22-38-99-93(96)97)82(124)111-72(81(123)101-48-77(95)119)51-135-52-79(121)104-68(41-56-24-16-14-17-25-56)89(131)113(7)55(5)80(122)107-70(45-76(94)118)91(133)116-39-23-33-74(116)87(129)106-66(44-61-47-98-53-102-61)84(126)108-67(40-54(3)4)88(130)112(6)49-78(120)103-65(43-60-46-100-63-29-21-20-28-62(60)63)83(125)110-71(50-117)85(127)109-69(90(132)115(9)75(32-13-11-2)92(134)114(73)8)42-57-34-36-59(37-35-57)58-26-18-15-19-27-58/h14-21,24-29,34-37,46-47,53-55,64-75,100,117H,10-13,22-23,30-33,38-45,48-52H2,1-9H3,(H2,94,118)(H2,95,119)(H,98,102)(H,101,123)(H,103,120)(H,104,121)(H,105,128)(H,106,129)(H,107,122)(H,108,126)(H,109,127)(H,110,125)(H,111,124)(H4,96,97,99)/t55-,64?,65-,66-,67-,68-,69-,70-,71?,72?,73-,74?,75-/m0/s1. The van der Waals surface area contributed by atoms with Gasteiger partial charge in [0.05, 0.1) is 38.2 Å². The second-order valence-corrected chi connectivity index (χ2v) is 35.4. The number of amides is 17. The zero-order valence-electron chi connectivity index (χ0n) is 77.7. The van der Waals surface area contributed by atoms with E-state index in [2.05, 4.69) is 73.4 Å². The Morgan fingerprint density at radius 2 is 1.09 bits per heavy atom. The van der Waals surface area contributed by atoms with Crippen LogP contribution < -0.4 is 75.7 Å². The first-order valence-corrected chi connectivity index (χ1v) is 46.4. The van der Waals surface area contributed by atoms with Gasteiger partial charge in [-0.05, 0) is 91.7 Å². The lowest BCUT2D eigenvalue weighted by molar-refractivity contribution is -0.149. The number of carbonyl (C=O) groups excluding carboxylic acids is 17. The average molecular weight is 1890 g/mol. The lowest BCUT2D eigenvalue weighted by Crippen LogP contribution is -2.61. The number of nitrogens with zero attached hydrogens (tertiary/aromatic N) is 6. The molecule has 0 bridgehead atoms. The molecule has 13 atom stereocenters. The van der Waals surface area contributed by atoms with Crippen LogP contribution in [-0.4, -0.2) is 302 Å². The number of primary amides is 2. The number of aromatic nitrogens is 3. The fourth-order valence-corrected chi connectivity index (χ4v) is 16.8. The molecule has 2 aliphatic rings. The normalized spacial score (nSPS) is 23.2. The van der Waals surface area contributed by atoms with Crippen LogP contribution in [-0.2, 0) is 107 Å². The van der Waals surface area contributed by atoms with Gasteiger partial charge in [-0.25, -0.2) is 4.98 Å². The predicted molar refractivity (Wildman–Crippen MR) is 503 cm³/mol. The van der Waals surface area contributed by atoms with Crippen LogP contribution in [0.2, 0.25) is 0 Å². The van der Waals surface area contributed by atoms with Crippen LogP contribution >= 0.6 is 11.8 Å². The number of carbonyl (C=O) groups is 17. The Labute approximate surface area is 788 Å². The fourth-order valence-electron chi connectivity index (χ4n) is 16.0. The molecule has 0 saturated carbocycles. The molecule has 4 aromatic carbocycles. The van der Waals surface area contributed by atoms with E-state index in [1.54, 1.807) is 86.8 Å². The van der Waals surface area contributed by atoms with Crippen molar-refractivity contribution in [2.45, 2.75) is 216 Å². The molecule has 0 radical (unpaired) electrons. The molecule has 21 N–H and O–H groups in total. The minimum atomic E-state index is -1.85. The first kappa shape index (κ1) is 107. The maximum atomic E-state index is 15.7. The van der Waals surface area contributed by atoms with Gasteiger partial charge in [-0.15, -0.1) is 11.8 Å². The first-order chi connectivity index (χ1) is 64.4. The van der Waals surface area contributed by atoms with E-state index in [4.69, 9.17) is 22.6 Å². The summed E-state index contributed by atoms with van der Waals surface area (Å²) in [6, 6.07) is 12.3. The molecule has 0 aliphatic carbocycles. The quantitative estimate of drug-likeness (QED) is 0.0168. The summed E-state index contributed by atoms with van der Waals surface area (Å²) in [6.45, 7) is 5.93. The number of fused-ring (bicyclic) bond motifs is 2. The Kier molecular flexibility index (Phi) is 41.5. The van der Waals surface area contributed by atoms with Gasteiger partial charge in [-0.1, -0.05) is 157 Å². The number of hydrogen-bond donors (Lipinski definition) is 18. The van der Waals surface area contributed by atoms with E-state index in [-0.39, 0.29) is 89.6 Å². The SMILES string of the molecule is CCCC[C@H]1C(=O)N(C)[C@@H](CCCC)C(=O)NC(CCCNC(=N)N)C(=O)NC(C(=O)NCC(N)=O)CSCC(=O)N[C@@H](Cc2ccccc2)C(=O)N(C)[C@@H](C)C(=O)N[C@@H](CC(N)=O)C(=O)N2CCCC2C(=O)N[C@@H](Cc2cnc[nH]2)C(=O)N[C@@H](CC(C)C)C(=O)N(C)CC(=O)N[C@@H](Cc2c[nH]c3ccccc23)C(=O)NC(CO)C(=O)N[C@@H](Cc2ccc(-c3ccccc3)cc2)C(=O)N1C. The average Bonchev–Trinajstić information content (AvgIpc) is 1.80. The van der Waals surface area contributed by atoms with Crippen molar-refractivity contribution in [2.75, 3.05) is 72.5 Å². The molecule has 135 heavy (non-hydrogen) atoms. The predicted octanol–water partition coefficient (Wildman–Crippen LogP) is -0.952. The van der Waals surface area contributed by atoms with Crippen LogP contribution in [0.3, 0.4) is 0 Å². The number of rotatable bonds is 27. The third-order valence-electron chi connectivity index (χ3n) is 23.5. The van der Waals surface area contributed by atoms with Crippen molar-refractivity contribution in [3.63, 3.8) is 0 Å². The second kappa shape index (κ2) is 52.6. The highest BCUT2D eigenvalue weighted by molar-refractivity contribution is 8.00. The van der Waals surface area contributed by atoms with Gasteiger partial charge in [0.15, 0.2) is 5.96 Å². The summed E-state index contributed by atoms with van der Waals surface area (Å²) in [4.78, 5) is 264. The monoisotopic (exact) mass is 1890 g/mol. The number of aliphatic hydroxyl groups is 1. The van der Waals surface area contributed by atoms with Crippen LogP contribution in [0.5, 0.6) is 0 Å². The van der Waals surface area contributed by atoms with Crippen LogP contribution in [0.25, 0.3) is 22.0 Å². The van der Waals surface area contributed by atoms with Crippen molar-refractivity contribution in [3.8, 4) is 11.1 Å². The van der Waals surface area contributed by atoms with Gasteiger partial charge in [0.1, 0.15) is 78.5 Å². The Morgan fingerprint density at radius 3 is 1.72 bits per heavy atom. The van der Waals surface area contributed by atoms with Gasteiger partial charge >= 0.3 is 0 Å². The highest BCUT2D eigenvalue weighted by atomic mass is 32.2. The number of hydrogen-bond acceptors (Lipinski definition) is 21. The number of benzene rings is 4. The van der Waals surface area contributed by atoms with Crippen molar-refractivity contribution in [1.82, 2.24) is 97.9 Å². The van der Waals surface area contributed by atoms with E-state index in [9.17, 15) is 62.6 Å². The molecule has 2 fully saturated rings. The molecule has 17 amide bonds. The van der Waals surface area contributed by atoms with Crippen molar-refractivity contribution < 1.29 is 86.6 Å². The molecule has 41 nitrogen and oxygen atoms in total. The van der Waals surface area contributed by atoms with E-state index in [0.29, 0.717) is 59.0 Å². The molecule has 0 spiro atoms. The Morgan fingerprint density at radius 1 is 0.533 bits per heavy atom. The third kappa shape index (κ3) is 32.0. The number of unbranched alkanes of at least 4 members (excludes halogenated alkanes) is 2. The Balaban J connectivity index is 1.19. The summed E-state index contributed by atoms with van der Waals surface area (Å²) in [5.41, 5.74) is 21.1. The molecular formula is C93H129N23O18S. The fraction of sp³-hybridized carbons (Fsp3) is 0.495. The summed E-state index contributed by atoms with van der Waals surface area (Å²) >= 11 is 0.795. The summed E-state index contributed by atoms with van der Waals surface area (Å²) in [5, 5.41) is 48.9. The van der Waals surface area contributed by atoms with E-state index in [1.807, 2.05) is 56.3 Å². The Bertz CT molecular complexity index is 5110. The first-order valence-electron chi connectivity index (χ1n) is 45.3. The summed E-state index contributed by atoms with van der Waals surface area (Å²) in [7, 11) is 5.26. The van der Waals surface area contributed by atoms with Crippen molar-refractivity contribution in [3.05, 3.63) is 150 Å². The second-order valence-electron chi connectivity index (χ2n) is 34.4. The van der Waals surface area contributed by atoms with E-state index in [0.717, 1.165) is 47.4 Å². The number of nitrogens with one attached hydrogen (secondary N) is 14. The smallest absolute Gasteiger partial charge is 0.246 e. The molecule has 2 saturated heterocycles. The number of thioether (sulfide) groups is 1. The molecule has 8 rings (SSSR count). The van der Waals surface area contributed by atoms with Gasteiger partial charge in [0.2, 0.25) is 100 Å². The van der Waals surface area contributed by atoms with Crippen molar-refractivity contribution in [2.24, 2.45) is 23.1 Å². The molecule has 2 aromatic heterocycles. The third-order valence-corrected chi connectivity index (χ3v) is 24.6. The van der Waals surface area contributed by atoms with E-state index < -0.39 is 223 Å². The van der Waals surface area contributed by atoms with Gasteiger partial charge in [-0.2, -0.15) is 0 Å². The number of aliphatic hydroxyl groups excluding tert-OH is 1. The number of nitrogens with two attached hydrogens (primary N) is 3. The highest BCUT2D eigenvalue weighted by Crippen LogP contribution is 2.26.